The molecule has 2 aromatic carbocycles. The predicted octanol–water partition coefficient (Wildman–Crippen LogP) is 5.67. The fourth-order valence-corrected chi connectivity index (χ4v) is 4.61. The second kappa shape index (κ2) is 11.0. The van der Waals surface area contributed by atoms with Crippen LogP contribution in [0.1, 0.15) is 93.3 Å². The van der Waals surface area contributed by atoms with E-state index in [9.17, 15) is 9.59 Å². The molecule has 4 rings (SSSR count). The van der Waals surface area contributed by atoms with E-state index in [4.69, 9.17) is 10.5 Å². The normalized spacial score (nSPS) is 19.1. The topological polar surface area (TPSA) is 85.0 Å². The lowest BCUT2D eigenvalue weighted by Gasteiger charge is -2.30. The molecule has 6 nitrogen and oxygen atoms in total. The monoisotopic (exact) mass is 489 g/mol. The van der Waals surface area contributed by atoms with Gasteiger partial charge in [-0.1, -0.05) is 45.0 Å². The Morgan fingerprint density at radius 1 is 1.08 bits per heavy atom. The second-order valence-corrected chi connectivity index (χ2v) is 11.5. The molecular formula is C30H39N3O3. The maximum absolute atomic E-state index is 12.8. The third-order valence-corrected chi connectivity index (χ3v) is 6.72. The first-order chi connectivity index (χ1) is 17.1. The number of nitrogens with two attached hydrogens (primary N) is 1. The maximum Gasteiger partial charge on any atom is 0.276 e. The van der Waals surface area contributed by atoms with Gasteiger partial charge < -0.3 is 15.4 Å². The Kier molecular flexibility index (Phi) is 7.94. The minimum atomic E-state index is -0.291. The van der Waals surface area contributed by atoms with Gasteiger partial charge in [0.1, 0.15) is 11.9 Å². The molecule has 192 valence electrons. The van der Waals surface area contributed by atoms with E-state index in [0.29, 0.717) is 30.2 Å². The van der Waals surface area contributed by atoms with Crippen LogP contribution in [0.2, 0.25) is 0 Å². The summed E-state index contributed by atoms with van der Waals surface area (Å²) >= 11 is 0. The fourth-order valence-electron chi connectivity index (χ4n) is 4.61. The van der Waals surface area contributed by atoms with Gasteiger partial charge in [0.05, 0.1) is 6.54 Å². The average molecular weight is 490 g/mol. The lowest BCUT2D eigenvalue weighted by Crippen LogP contribution is -2.41. The third-order valence-electron chi connectivity index (χ3n) is 6.72. The van der Waals surface area contributed by atoms with E-state index in [0.717, 1.165) is 30.7 Å². The number of ether oxygens (including phenoxy) is 1. The summed E-state index contributed by atoms with van der Waals surface area (Å²) in [6.45, 7) is 9.26. The summed E-state index contributed by atoms with van der Waals surface area (Å²) in [6, 6.07) is 15.4. The van der Waals surface area contributed by atoms with Gasteiger partial charge in [0.15, 0.2) is 0 Å². The predicted molar refractivity (Wildman–Crippen MR) is 144 cm³/mol. The minimum Gasteiger partial charge on any atom is -0.484 e. The summed E-state index contributed by atoms with van der Waals surface area (Å²) in [5.74, 6) is 1.20. The Hall–Kier alpha value is -2.99. The fraction of sp³-hybridized carbons (Fsp3) is 0.500. The highest BCUT2D eigenvalue weighted by molar-refractivity contribution is 6.05. The molecule has 1 saturated heterocycles. The number of hydrogen-bond donors (Lipinski definition) is 1. The van der Waals surface area contributed by atoms with Crippen LogP contribution in [0.15, 0.2) is 53.5 Å². The molecule has 6 heteroatoms. The van der Waals surface area contributed by atoms with Crippen molar-refractivity contribution in [1.29, 1.82) is 0 Å². The summed E-state index contributed by atoms with van der Waals surface area (Å²) in [5, 5.41) is 0. The minimum absolute atomic E-state index is 0.0633. The van der Waals surface area contributed by atoms with E-state index in [-0.39, 0.29) is 29.4 Å². The highest BCUT2D eigenvalue weighted by atomic mass is 16.5. The number of benzene rings is 2. The molecule has 1 unspecified atom stereocenters. The lowest BCUT2D eigenvalue weighted by molar-refractivity contribution is -0.132. The number of carbonyl (C=O) groups is 2. The van der Waals surface area contributed by atoms with E-state index >= 15 is 0 Å². The zero-order chi connectivity index (χ0) is 25.9. The molecule has 1 saturated carbocycles. The summed E-state index contributed by atoms with van der Waals surface area (Å²) in [4.78, 5) is 31.6. The summed E-state index contributed by atoms with van der Waals surface area (Å²) < 4.78 is 6.23. The number of carbonyl (C=O) groups excluding carboxylic acids is 2. The van der Waals surface area contributed by atoms with Crippen molar-refractivity contribution in [2.24, 2.45) is 16.1 Å². The first kappa shape index (κ1) is 26.1. The number of amides is 2. The summed E-state index contributed by atoms with van der Waals surface area (Å²) in [5.41, 5.74) is 9.88. The summed E-state index contributed by atoms with van der Waals surface area (Å²) in [7, 11) is 0. The van der Waals surface area contributed by atoms with Gasteiger partial charge in [-0.05, 0) is 79.3 Å². The zero-order valence-corrected chi connectivity index (χ0v) is 22.0. The van der Waals surface area contributed by atoms with Crippen LogP contribution < -0.4 is 10.5 Å². The Labute approximate surface area is 214 Å². The molecule has 2 fully saturated rings. The van der Waals surface area contributed by atoms with E-state index in [1.807, 2.05) is 11.8 Å². The third kappa shape index (κ3) is 7.03. The van der Waals surface area contributed by atoms with Crippen molar-refractivity contribution in [3.8, 4) is 5.75 Å². The van der Waals surface area contributed by atoms with Gasteiger partial charge >= 0.3 is 0 Å². The first-order valence-corrected chi connectivity index (χ1v) is 13.1. The van der Waals surface area contributed by atoms with Gasteiger partial charge in [0.25, 0.3) is 5.91 Å². The molecule has 2 aromatic rings. The quantitative estimate of drug-likeness (QED) is 0.543. The van der Waals surface area contributed by atoms with Crippen LogP contribution in [0, 0.1) is 5.41 Å². The van der Waals surface area contributed by atoms with Crippen LogP contribution in [-0.2, 0) is 4.79 Å². The molecule has 0 aromatic heterocycles. The molecule has 36 heavy (non-hydrogen) atoms. The molecule has 0 bridgehead atoms. The molecular weight excluding hydrogens is 450 g/mol. The smallest absolute Gasteiger partial charge is 0.276 e. The highest BCUT2D eigenvalue weighted by Crippen LogP contribution is 2.40. The Balaban J connectivity index is 1.38. The molecule has 2 atom stereocenters. The summed E-state index contributed by atoms with van der Waals surface area (Å²) in [6.07, 6.45) is 4.33. The van der Waals surface area contributed by atoms with Gasteiger partial charge in [0, 0.05) is 30.3 Å². The van der Waals surface area contributed by atoms with Crippen LogP contribution in [-0.4, -0.2) is 41.6 Å². The molecule has 1 aliphatic carbocycles. The average Bonchev–Trinajstić information content (AvgIpc) is 3.68. The molecule has 0 spiro atoms. The Morgan fingerprint density at radius 3 is 2.33 bits per heavy atom. The molecule has 1 heterocycles. The Morgan fingerprint density at radius 2 is 1.75 bits per heavy atom. The van der Waals surface area contributed by atoms with Gasteiger partial charge in [-0.15, -0.1) is 0 Å². The largest absolute Gasteiger partial charge is 0.484 e. The SMILES string of the molecule is CC(N)[C@H](Oc1ccc(C(=O)N=C2CCCN(C(=O)CC(C)(C)C)C2)cc1)c1ccc(C2CC2)cc1. The van der Waals surface area contributed by atoms with E-state index < -0.39 is 0 Å². The number of aliphatic imine (C=N–C) groups is 1. The number of hydrogen-bond acceptors (Lipinski definition) is 4. The van der Waals surface area contributed by atoms with Crippen LogP contribution in [0.25, 0.3) is 0 Å². The molecule has 2 N–H and O–H groups in total. The van der Waals surface area contributed by atoms with Crippen molar-refractivity contribution in [1.82, 2.24) is 4.90 Å². The number of likely N-dealkylation sites (tertiary alicyclic amines) is 1. The molecule has 1 aliphatic heterocycles. The van der Waals surface area contributed by atoms with Gasteiger partial charge in [0.2, 0.25) is 5.91 Å². The van der Waals surface area contributed by atoms with Gasteiger partial charge in [-0.25, -0.2) is 4.99 Å². The van der Waals surface area contributed by atoms with Crippen molar-refractivity contribution in [3.63, 3.8) is 0 Å². The van der Waals surface area contributed by atoms with E-state index in [1.165, 1.54) is 18.4 Å². The van der Waals surface area contributed by atoms with E-state index in [2.05, 4.69) is 50.0 Å². The zero-order valence-electron chi connectivity index (χ0n) is 22.0. The molecule has 0 radical (unpaired) electrons. The number of rotatable bonds is 7. The Bertz CT molecular complexity index is 1090. The number of piperidine rings is 1. The van der Waals surface area contributed by atoms with Crippen LogP contribution in [0.3, 0.4) is 0 Å². The highest BCUT2D eigenvalue weighted by Gasteiger charge is 2.26. The van der Waals surface area contributed by atoms with Crippen LogP contribution in [0.4, 0.5) is 0 Å². The number of nitrogens with zero attached hydrogens (tertiary/aromatic N) is 2. The molecule has 2 amide bonds. The second-order valence-electron chi connectivity index (χ2n) is 11.5. The van der Waals surface area contributed by atoms with Crippen molar-refractivity contribution in [2.75, 3.05) is 13.1 Å². The van der Waals surface area contributed by atoms with Crippen molar-refractivity contribution in [3.05, 3.63) is 65.2 Å². The van der Waals surface area contributed by atoms with Crippen LogP contribution >= 0.6 is 0 Å². The van der Waals surface area contributed by atoms with Crippen molar-refractivity contribution in [2.45, 2.75) is 77.9 Å². The van der Waals surface area contributed by atoms with Gasteiger partial charge in [-0.2, -0.15) is 0 Å². The van der Waals surface area contributed by atoms with Gasteiger partial charge in [-0.3, -0.25) is 9.59 Å². The maximum atomic E-state index is 12.8. The van der Waals surface area contributed by atoms with Crippen LogP contribution in [0.5, 0.6) is 5.75 Å². The first-order valence-electron chi connectivity index (χ1n) is 13.1. The lowest BCUT2D eigenvalue weighted by atomic mass is 9.91. The molecule has 2 aliphatic rings. The van der Waals surface area contributed by atoms with Crippen molar-refractivity contribution >= 4 is 17.5 Å². The standard InChI is InChI=1S/C30H39N3O3/c1-20(31)28(23-11-9-22(10-12-23)21-7-8-21)36-26-15-13-24(14-16-26)29(35)32-25-6-5-17-33(19-25)27(34)18-30(2,3)4/h9-16,20-21,28H,5-8,17-19,31H2,1-4H3/t20?,28-/m0/s1. The van der Waals surface area contributed by atoms with E-state index in [1.54, 1.807) is 24.3 Å². The van der Waals surface area contributed by atoms with Crippen molar-refractivity contribution < 1.29 is 14.3 Å².